The molecule has 0 radical (unpaired) electrons. The van der Waals surface area contributed by atoms with Crippen LogP contribution in [0.2, 0.25) is 0 Å². The molecule has 2 aromatic rings. The highest BCUT2D eigenvalue weighted by atomic mass is 19.1. The van der Waals surface area contributed by atoms with Crippen LogP contribution in [0.25, 0.3) is 0 Å². The van der Waals surface area contributed by atoms with Crippen molar-refractivity contribution >= 4 is 17.8 Å². The molecule has 154 valence electrons. The fraction of sp³-hybridized carbons (Fsp3) is 0.318. The first kappa shape index (κ1) is 18.6. The second-order valence-electron chi connectivity index (χ2n) is 8.06. The fourth-order valence-electron chi connectivity index (χ4n) is 3.97. The van der Waals surface area contributed by atoms with Gasteiger partial charge in [0.2, 0.25) is 0 Å². The number of fused-ring (bicyclic) bond motifs is 1. The first-order chi connectivity index (χ1) is 14.4. The van der Waals surface area contributed by atoms with Crippen molar-refractivity contribution in [3.63, 3.8) is 0 Å². The van der Waals surface area contributed by atoms with Crippen LogP contribution in [-0.2, 0) is 16.9 Å². The number of nitrogens with one attached hydrogen (secondary N) is 2. The minimum atomic E-state index is -1.48. The van der Waals surface area contributed by atoms with Gasteiger partial charge in [-0.05, 0) is 54.2 Å². The Bertz CT molecular complexity index is 1050. The quantitative estimate of drug-likeness (QED) is 0.717. The van der Waals surface area contributed by atoms with Crippen molar-refractivity contribution in [2.75, 3.05) is 13.2 Å². The van der Waals surface area contributed by atoms with Crippen molar-refractivity contribution < 1.29 is 23.5 Å². The van der Waals surface area contributed by atoms with E-state index in [1.807, 2.05) is 12.1 Å². The summed E-state index contributed by atoms with van der Waals surface area (Å²) in [7, 11) is 0. The van der Waals surface area contributed by atoms with Crippen molar-refractivity contribution in [1.82, 2.24) is 15.5 Å². The van der Waals surface area contributed by atoms with Crippen LogP contribution >= 0.6 is 0 Å². The van der Waals surface area contributed by atoms with Crippen molar-refractivity contribution in [3.05, 3.63) is 65.0 Å². The maximum Gasteiger partial charge on any atom is 0.322 e. The average Bonchev–Trinajstić information content (AvgIpc) is 3.45. The third-order valence-corrected chi connectivity index (χ3v) is 5.85. The molecule has 30 heavy (non-hydrogen) atoms. The van der Waals surface area contributed by atoms with Gasteiger partial charge in [-0.15, -0.1) is 0 Å². The summed E-state index contributed by atoms with van der Waals surface area (Å²) in [6.07, 6.45) is 2.35. The highest BCUT2D eigenvalue weighted by Crippen LogP contribution is 2.34. The Kier molecular flexibility index (Phi) is 4.23. The van der Waals surface area contributed by atoms with E-state index in [1.165, 1.54) is 42.0 Å². The Balaban J connectivity index is 1.41. The molecule has 1 aliphatic carbocycles. The zero-order chi connectivity index (χ0) is 20.9. The van der Waals surface area contributed by atoms with Gasteiger partial charge in [0, 0.05) is 12.1 Å². The van der Waals surface area contributed by atoms with Crippen LogP contribution in [0.4, 0.5) is 9.18 Å². The van der Waals surface area contributed by atoms with Gasteiger partial charge in [-0.1, -0.05) is 18.2 Å². The van der Waals surface area contributed by atoms with E-state index in [9.17, 15) is 18.8 Å². The Morgan fingerprint density at radius 1 is 1.10 bits per heavy atom. The van der Waals surface area contributed by atoms with Gasteiger partial charge in [-0.3, -0.25) is 14.9 Å². The predicted molar refractivity (Wildman–Crippen MR) is 104 cm³/mol. The monoisotopic (exact) mass is 409 g/mol. The smallest absolute Gasteiger partial charge is 0.322 e. The zero-order valence-electron chi connectivity index (χ0n) is 16.1. The van der Waals surface area contributed by atoms with Gasteiger partial charge in [0.1, 0.15) is 11.6 Å². The third-order valence-electron chi connectivity index (χ3n) is 5.85. The van der Waals surface area contributed by atoms with Crippen molar-refractivity contribution in [2.45, 2.75) is 24.9 Å². The molecule has 1 saturated heterocycles. The van der Waals surface area contributed by atoms with E-state index >= 15 is 0 Å². The largest absolute Gasteiger partial charge is 0.493 e. The molecule has 1 saturated carbocycles. The normalized spacial score (nSPS) is 22.7. The number of imide groups is 1. The van der Waals surface area contributed by atoms with E-state index < -0.39 is 23.3 Å². The number of rotatable bonds is 6. The molecule has 0 bridgehead atoms. The molecule has 7 nitrogen and oxygen atoms in total. The van der Waals surface area contributed by atoms with Crippen LogP contribution in [0.15, 0.2) is 42.5 Å². The van der Waals surface area contributed by atoms with Gasteiger partial charge in [0.15, 0.2) is 5.54 Å². The summed E-state index contributed by atoms with van der Waals surface area (Å²) < 4.78 is 19.2. The maximum atomic E-state index is 13.4. The van der Waals surface area contributed by atoms with Gasteiger partial charge >= 0.3 is 6.03 Å². The summed E-state index contributed by atoms with van der Waals surface area (Å²) in [5.41, 5.74) is 0.290. The van der Waals surface area contributed by atoms with Gasteiger partial charge in [-0.2, -0.15) is 0 Å². The van der Waals surface area contributed by atoms with E-state index in [-0.39, 0.29) is 12.5 Å². The van der Waals surface area contributed by atoms with Crippen molar-refractivity contribution in [2.24, 2.45) is 5.92 Å². The number of carbonyl (C=O) groups excluding carboxylic acids is 3. The number of benzene rings is 2. The number of urea groups is 1. The number of ether oxygens (including phenoxy) is 1. The molecule has 0 aromatic heterocycles. The third kappa shape index (κ3) is 3.18. The Morgan fingerprint density at radius 3 is 2.53 bits per heavy atom. The SMILES string of the molecule is O=C1NC(=O)[C@](CN2Cc3ccc(OCC4CC4)cc3C2=O)(c2ccc(F)cc2)N1. The zero-order valence-corrected chi connectivity index (χ0v) is 16.1. The summed E-state index contributed by atoms with van der Waals surface area (Å²) in [6, 6.07) is 10.1. The summed E-state index contributed by atoms with van der Waals surface area (Å²) in [5.74, 6) is -0.0165. The molecule has 8 heteroatoms. The molecule has 3 aliphatic rings. The van der Waals surface area contributed by atoms with E-state index in [2.05, 4.69) is 10.6 Å². The van der Waals surface area contributed by atoms with Crippen molar-refractivity contribution in [3.8, 4) is 5.75 Å². The van der Waals surface area contributed by atoms with Crippen LogP contribution < -0.4 is 15.4 Å². The van der Waals surface area contributed by atoms with Crippen LogP contribution in [0.5, 0.6) is 5.75 Å². The summed E-state index contributed by atoms with van der Waals surface area (Å²) in [5, 5.41) is 4.87. The Hall–Kier alpha value is -3.42. The standard InChI is InChI=1S/C22H20FN3O4/c23-16-6-4-15(5-7-16)22(20(28)24-21(29)25-22)12-26-10-14-3-8-17(9-18(14)19(26)27)30-11-13-1-2-13/h3-9,13H,1-2,10-12H2,(H2,24,25,28,29)/t22-/m0/s1. The lowest BCUT2D eigenvalue weighted by Crippen LogP contribution is -2.52. The summed E-state index contributed by atoms with van der Waals surface area (Å²) in [4.78, 5) is 39.2. The topological polar surface area (TPSA) is 87.7 Å². The Labute approximate surface area is 172 Å². The maximum absolute atomic E-state index is 13.4. The van der Waals surface area contributed by atoms with Crippen LogP contribution in [0, 0.1) is 11.7 Å². The summed E-state index contributed by atoms with van der Waals surface area (Å²) in [6.45, 7) is 0.891. The number of amides is 4. The van der Waals surface area contributed by atoms with E-state index in [0.29, 0.717) is 35.9 Å². The minimum absolute atomic E-state index is 0.0675. The number of hydrogen-bond acceptors (Lipinski definition) is 4. The van der Waals surface area contributed by atoms with E-state index in [1.54, 1.807) is 6.07 Å². The molecular formula is C22H20FN3O4. The molecule has 2 N–H and O–H groups in total. The molecule has 0 unspecified atom stereocenters. The van der Waals surface area contributed by atoms with Crippen LogP contribution in [0.3, 0.4) is 0 Å². The lowest BCUT2D eigenvalue weighted by atomic mass is 9.89. The first-order valence-corrected chi connectivity index (χ1v) is 9.89. The highest BCUT2D eigenvalue weighted by Gasteiger charge is 2.50. The fourth-order valence-corrected chi connectivity index (χ4v) is 3.97. The van der Waals surface area contributed by atoms with Crippen molar-refractivity contribution in [1.29, 1.82) is 0 Å². The van der Waals surface area contributed by atoms with Gasteiger partial charge < -0.3 is 15.0 Å². The molecule has 4 amide bonds. The molecule has 2 aliphatic heterocycles. The molecule has 1 atom stereocenters. The molecule has 2 fully saturated rings. The lowest BCUT2D eigenvalue weighted by molar-refractivity contribution is -0.124. The number of carbonyl (C=O) groups is 3. The van der Waals surface area contributed by atoms with Crippen LogP contribution in [-0.4, -0.2) is 35.9 Å². The molecule has 0 spiro atoms. The lowest BCUT2D eigenvalue weighted by Gasteiger charge is -2.31. The van der Waals surface area contributed by atoms with E-state index in [0.717, 1.165) is 5.56 Å². The first-order valence-electron chi connectivity index (χ1n) is 9.89. The molecular weight excluding hydrogens is 389 g/mol. The van der Waals surface area contributed by atoms with Crippen LogP contribution in [0.1, 0.15) is 34.3 Å². The summed E-state index contributed by atoms with van der Waals surface area (Å²) >= 11 is 0. The number of hydrogen-bond donors (Lipinski definition) is 2. The predicted octanol–water partition coefficient (Wildman–Crippen LogP) is 2.31. The number of halogens is 1. The number of nitrogens with zero attached hydrogens (tertiary/aromatic N) is 1. The van der Waals surface area contributed by atoms with Gasteiger partial charge in [-0.25, -0.2) is 9.18 Å². The second kappa shape index (κ2) is 6.83. The van der Waals surface area contributed by atoms with Gasteiger partial charge in [0.05, 0.1) is 13.2 Å². The van der Waals surface area contributed by atoms with E-state index in [4.69, 9.17) is 4.74 Å². The highest BCUT2D eigenvalue weighted by molar-refractivity contribution is 6.08. The molecule has 2 heterocycles. The minimum Gasteiger partial charge on any atom is -0.493 e. The average molecular weight is 409 g/mol. The second-order valence-corrected chi connectivity index (χ2v) is 8.06. The molecule has 5 rings (SSSR count). The Morgan fingerprint density at radius 2 is 1.87 bits per heavy atom. The molecule has 2 aromatic carbocycles. The van der Waals surface area contributed by atoms with Gasteiger partial charge in [0.25, 0.3) is 11.8 Å².